The van der Waals surface area contributed by atoms with E-state index in [4.69, 9.17) is 4.74 Å². The van der Waals surface area contributed by atoms with Crippen molar-refractivity contribution < 1.29 is 14.3 Å². The van der Waals surface area contributed by atoms with Crippen molar-refractivity contribution >= 4 is 17.5 Å². The van der Waals surface area contributed by atoms with Gasteiger partial charge in [-0.15, -0.1) is 0 Å². The molecule has 1 fully saturated rings. The van der Waals surface area contributed by atoms with Gasteiger partial charge >= 0.3 is 0 Å². The van der Waals surface area contributed by atoms with Gasteiger partial charge < -0.3 is 15.4 Å². The summed E-state index contributed by atoms with van der Waals surface area (Å²) in [6, 6.07) is 6.93. The maximum Gasteiger partial charge on any atom is 0.251 e. The lowest BCUT2D eigenvalue weighted by atomic mass is 9.98. The van der Waals surface area contributed by atoms with Crippen LogP contribution in [0.3, 0.4) is 0 Å². The molecule has 1 saturated carbocycles. The minimum atomic E-state index is -0.151. The predicted molar refractivity (Wildman–Crippen MR) is 90.5 cm³/mol. The summed E-state index contributed by atoms with van der Waals surface area (Å²) < 4.78 is 5.83. The molecular formula is C18H26N2O3. The molecule has 1 aromatic rings. The van der Waals surface area contributed by atoms with Crippen molar-refractivity contribution in [3.8, 4) is 0 Å². The Kier molecular flexibility index (Phi) is 7.07. The highest BCUT2D eigenvalue weighted by atomic mass is 16.5. The quantitative estimate of drug-likeness (QED) is 0.759. The van der Waals surface area contributed by atoms with Crippen LogP contribution in [0, 0.1) is 0 Å². The Morgan fingerprint density at radius 1 is 1.22 bits per heavy atom. The molecule has 2 rings (SSSR count). The first-order chi connectivity index (χ1) is 11.1. The summed E-state index contributed by atoms with van der Waals surface area (Å²) in [6.07, 6.45) is 7.43. The Morgan fingerprint density at radius 3 is 2.74 bits per heavy atom. The molecule has 5 heteroatoms. The topological polar surface area (TPSA) is 67.4 Å². The number of ether oxygens (including phenoxy) is 1. The van der Waals surface area contributed by atoms with Gasteiger partial charge in [-0.3, -0.25) is 9.59 Å². The van der Waals surface area contributed by atoms with Crippen LogP contribution in [0.2, 0.25) is 0 Å². The molecule has 0 bridgehead atoms. The number of nitrogens with one attached hydrogen (secondary N) is 2. The molecule has 0 radical (unpaired) electrons. The fourth-order valence-electron chi connectivity index (χ4n) is 2.80. The molecule has 5 nitrogen and oxygen atoms in total. The lowest BCUT2D eigenvalue weighted by Gasteiger charge is -2.21. The largest absolute Gasteiger partial charge is 0.378 e. The first-order valence-corrected chi connectivity index (χ1v) is 8.42. The maximum absolute atomic E-state index is 12.1. The Labute approximate surface area is 137 Å². The van der Waals surface area contributed by atoms with E-state index in [0.29, 0.717) is 30.5 Å². The molecule has 0 unspecified atom stereocenters. The minimum absolute atomic E-state index is 0.130. The lowest BCUT2D eigenvalue weighted by Crippen LogP contribution is -2.26. The molecule has 2 amide bonds. The Bertz CT molecular complexity index is 525. The number of benzene rings is 1. The fraction of sp³-hybridized carbons (Fsp3) is 0.556. The number of anilines is 1. The summed E-state index contributed by atoms with van der Waals surface area (Å²) in [7, 11) is 0. The first-order valence-electron chi connectivity index (χ1n) is 8.42. The van der Waals surface area contributed by atoms with Crippen molar-refractivity contribution in [3.63, 3.8) is 0 Å². The predicted octanol–water partition coefficient (Wildman–Crippen LogP) is 3.11. The zero-order valence-corrected chi connectivity index (χ0v) is 13.8. The molecule has 1 aliphatic rings. The van der Waals surface area contributed by atoms with Crippen LogP contribution in [0.15, 0.2) is 24.3 Å². The molecule has 0 spiro atoms. The van der Waals surface area contributed by atoms with Crippen molar-refractivity contribution in [2.24, 2.45) is 0 Å². The molecule has 0 aromatic heterocycles. The molecule has 126 valence electrons. The van der Waals surface area contributed by atoms with Crippen LogP contribution < -0.4 is 10.6 Å². The maximum atomic E-state index is 12.1. The van der Waals surface area contributed by atoms with Gasteiger partial charge in [-0.2, -0.15) is 0 Å². The van der Waals surface area contributed by atoms with E-state index in [1.54, 1.807) is 24.3 Å². The van der Waals surface area contributed by atoms with Crippen LogP contribution in [-0.2, 0) is 9.53 Å². The van der Waals surface area contributed by atoms with E-state index in [1.807, 2.05) is 0 Å². The monoisotopic (exact) mass is 318 g/mol. The summed E-state index contributed by atoms with van der Waals surface area (Å²) in [5, 5.41) is 5.56. The van der Waals surface area contributed by atoms with E-state index in [0.717, 1.165) is 6.42 Å². The van der Waals surface area contributed by atoms with Gasteiger partial charge in [0.15, 0.2) is 0 Å². The van der Waals surface area contributed by atoms with E-state index in [2.05, 4.69) is 10.6 Å². The average Bonchev–Trinajstić information content (AvgIpc) is 2.55. The van der Waals surface area contributed by atoms with Crippen molar-refractivity contribution in [3.05, 3.63) is 29.8 Å². The lowest BCUT2D eigenvalue weighted by molar-refractivity contribution is -0.114. The summed E-state index contributed by atoms with van der Waals surface area (Å²) in [6.45, 7) is 2.73. The molecule has 0 aliphatic heterocycles. The smallest absolute Gasteiger partial charge is 0.251 e. The van der Waals surface area contributed by atoms with E-state index < -0.39 is 0 Å². The van der Waals surface area contributed by atoms with Gasteiger partial charge in [-0.05, 0) is 37.5 Å². The minimum Gasteiger partial charge on any atom is -0.378 e. The normalized spacial score (nSPS) is 15.2. The Morgan fingerprint density at radius 2 is 2.00 bits per heavy atom. The number of amides is 2. The van der Waals surface area contributed by atoms with Crippen LogP contribution in [0.5, 0.6) is 0 Å². The highest BCUT2D eigenvalue weighted by Crippen LogP contribution is 2.20. The van der Waals surface area contributed by atoms with Crippen LogP contribution >= 0.6 is 0 Å². The average molecular weight is 318 g/mol. The van der Waals surface area contributed by atoms with E-state index in [-0.39, 0.29) is 11.8 Å². The molecule has 23 heavy (non-hydrogen) atoms. The molecule has 2 N–H and O–H groups in total. The van der Waals surface area contributed by atoms with E-state index in [1.165, 1.54) is 39.0 Å². The standard InChI is InChI=1S/C18H26N2O3/c1-14(21)20-16-8-5-7-15(13-16)18(22)19-11-6-12-23-17-9-3-2-4-10-17/h5,7-8,13,17H,2-4,6,9-12H2,1H3,(H,19,22)(H,20,21). The van der Waals surface area contributed by atoms with E-state index >= 15 is 0 Å². The van der Waals surface area contributed by atoms with Crippen LogP contribution in [-0.4, -0.2) is 31.1 Å². The van der Waals surface area contributed by atoms with Crippen molar-refractivity contribution in [1.29, 1.82) is 0 Å². The fourth-order valence-corrected chi connectivity index (χ4v) is 2.80. The Hall–Kier alpha value is -1.88. The Balaban J connectivity index is 1.67. The van der Waals surface area contributed by atoms with Crippen LogP contribution in [0.1, 0.15) is 55.8 Å². The summed E-state index contributed by atoms with van der Waals surface area (Å²) >= 11 is 0. The number of hydrogen-bond donors (Lipinski definition) is 2. The summed E-state index contributed by atoms with van der Waals surface area (Å²) in [5.41, 5.74) is 1.18. The van der Waals surface area contributed by atoms with Gasteiger partial charge in [-0.1, -0.05) is 25.3 Å². The molecule has 1 aliphatic carbocycles. The molecular weight excluding hydrogens is 292 g/mol. The van der Waals surface area contributed by atoms with Gasteiger partial charge in [-0.25, -0.2) is 0 Å². The van der Waals surface area contributed by atoms with Crippen molar-refractivity contribution in [2.45, 2.75) is 51.6 Å². The highest BCUT2D eigenvalue weighted by molar-refractivity contribution is 5.96. The SMILES string of the molecule is CC(=O)Nc1cccc(C(=O)NCCCOC2CCCCC2)c1. The molecule has 1 aromatic carbocycles. The van der Waals surface area contributed by atoms with Gasteiger partial charge in [0.25, 0.3) is 5.91 Å². The second-order valence-corrected chi connectivity index (χ2v) is 6.00. The van der Waals surface area contributed by atoms with Gasteiger partial charge in [0.05, 0.1) is 6.10 Å². The number of carbonyl (C=O) groups is 2. The van der Waals surface area contributed by atoms with Crippen LogP contribution in [0.4, 0.5) is 5.69 Å². The van der Waals surface area contributed by atoms with Gasteiger partial charge in [0.1, 0.15) is 0 Å². The molecule has 0 heterocycles. The first kappa shape index (κ1) is 17.5. The van der Waals surface area contributed by atoms with Crippen molar-refractivity contribution in [2.75, 3.05) is 18.5 Å². The highest BCUT2D eigenvalue weighted by Gasteiger charge is 2.13. The zero-order valence-electron chi connectivity index (χ0n) is 13.8. The van der Waals surface area contributed by atoms with Gasteiger partial charge in [0.2, 0.25) is 5.91 Å². The molecule has 0 atom stereocenters. The second-order valence-electron chi connectivity index (χ2n) is 6.00. The van der Waals surface area contributed by atoms with Gasteiger partial charge in [0, 0.05) is 31.3 Å². The molecule has 0 saturated heterocycles. The van der Waals surface area contributed by atoms with Crippen LogP contribution in [0.25, 0.3) is 0 Å². The number of hydrogen-bond acceptors (Lipinski definition) is 3. The third-order valence-corrected chi connectivity index (χ3v) is 3.96. The number of carbonyl (C=O) groups excluding carboxylic acids is 2. The third kappa shape index (κ3) is 6.40. The van der Waals surface area contributed by atoms with E-state index in [9.17, 15) is 9.59 Å². The third-order valence-electron chi connectivity index (χ3n) is 3.96. The number of rotatable bonds is 7. The summed E-state index contributed by atoms with van der Waals surface area (Å²) in [5.74, 6) is -0.280. The van der Waals surface area contributed by atoms with Crippen molar-refractivity contribution in [1.82, 2.24) is 5.32 Å². The second kappa shape index (κ2) is 9.30. The summed E-state index contributed by atoms with van der Waals surface area (Å²) in [4.78, 5) is 23.1. The zero-order chi connectivity index (χ0) is 16.5.